The molecule has 4 aromatic rings. The minimum Gasteiger partial charge on any atom is -0.373 e. The second-order valence-corrected chi connectivity index (χ2v) is 10.4. The van der Waals surface area contributed by atoms with E-state index in [4.69, 9.17) is 9.47 Å². The van der Waals surface area contributed by atoms with E-state index >= 15 is 0 Å². The van der Waals surface area contributed by atoms with Crippen LogP contribution in [0.5, 0.6) is 0 Å². The summed E-state index contributed by atoms with van der Waals surface area (Å²) in [5, 5.41) is 12.5. The van der Waals surface area contributed by atoms with Crippen LogP contribution in [0.4, 0.5) is 11.5 Å². The van der Waals surface area contributed by atoms with Crippen LogP contribution in [-0.4, -0.2) is 46.4 Å². The fraction of sp³-hybridized carbons (Fsp3) is 0.375. The number of pyridine rings is 1. The summed E-state index contributed by atoms with van der Waals surface area (Å²) in [6.45, 7) is 7.44. The van der Waals surface area contributed by atoms with Crippen LogP contribution in [0, 0.1) is 10.1 Å². The molecule has 0 spiro atoms. The summed E-state index contributed by atoms with van der Waals surface area (Å²) < 4.78 is 13.4. The Morgan fingerprint density at radius 3 is 2.74 bits per heavy atom. The van der Waals surface area contributed by atoms with Gasteiger partial charge in [-0.3, -0.25) is 24.4 Å². The molecule has 5 heterocycles. The first kappa shape index (κ1) is 22.1. The molecule has 0 amide bonds. The number of nitrogens with zero attached hydrogens (tertiary/aromatic N) is 4. The normalized spacial score (nSPS) is 17.6. The van der Waals surface area contributed by atoms with Crippen molar-refractivity contribution in [1.82, 2.24) is 9.55 Å². The third-order valence-corrected chi connectivity index (χ3v) is 7.74. The number of fused-ring (bicyclic) bond motifs is 5. The fourth-order valence-electron chi connectivity index (χ4n) is 4.96. The number of morpholine rings is 1. The minimum absolute atomic E-state index is 0.144. The van der Waals surface area contributed by atoms with Crippen LogP contribution in [0.1, 0.15) is 25.0 Å². The van der Waals surface area contributed by atoms with Gasteiger partial charge in [-0.2, -0.15) is 0 Å². The van der Waals surface area contributed by atoms with Gasteiger partial charge in [0.15, 0.2) is 4.83 Å². The summed E-state index contributed by atoms with van der Waals surface area (Å²) in [4.78, 5) is 36.0. The van der Waals surface area contributed by atoms with Gasteiger partial charge in [0.2, 0.25) is 0 Å². The van der Waals surface area contributed by atoms with E-state index in [9.17, 15) is 14.9 Å². The first-order valence-corrected chi connectivity index (χ1v) is 12.3. The van der Waals surface area contributed by atoms with Gasteiger partial charge in [0, 0.05) is 12.5 Å². The van der Waals surface area contributed by atoms with Gasteiger partial charge in [-0.1, -0.05) is 23.5 Å². The van der Waals surface area contributed by atoms with E-state index in [1.165, 1.54) is 28.3 Å². The zero-order valence-electron chi connectivity index (χ0n) is 19.4. The summed E-state index contributed by atoms with van der Waals surface area (Å²) in [7, 11) is 0. The molecule has 1 fully saturated rings. The van der Waals surface area contributed by atoms with Gasteiger partial charge < -0.3 is 9.47 Å². The topological polar surface area (TPSA) is 114 Å². The number of nitrogens with one attached hydrogen (secondary N) is 1. The molecule has 0 bridgehead atoms. The maximum Gasteiger partial charge on any atom is 0.293 e. The van der Waals surface area contributed by atoms with Crippen LogP contribution >= 0.6 is 11.3 Å². The molecule has 0 unspecified atom stereocenters. The van der Waals surface area contributed by atoms with Gasteiger partial charge in [-0.15, -0.1) is 0 Å². The van der Waals surface area contributed by atoms with Gasteiger partial charge in [0.1, 0.15) is 35.3 Å². The summed E-state index contributed by atoms with van der Waals surface area (Å²) >= 11 is 1.34. The highest BCUT2D eigenvalue weighted by atomic mass is 32.1. The standard InChI is InChI=1S/C24H23N5O5S/c1-24(2)11-14-15(12-34-24)21(27-7-9-33-10-8-27)26-22-18(14)19-20(35-22)23(30)28(13-25-19)16-5-3-4-6-17(16)29(31)32/h3-6,13H,7-12H2,1-2H3/p+1. The number of rotatable bonds is 3. The number of nitro benzene ring substituents is 1. The Balaban J connectivity index is 1.62. The van der Waals surface area contributed by atoms with Crippen LogP contribution < -0.4 is 15.4 Å². The van der Waals surface area contributed by atoms with Crippen molar-refractivity contribution in [2.75, 3.05) is 31.2 Å². The highest BCUT2D eigenvalue weighted by Gasteiger charge is 2.36. The third-order valence-electron chi connectivity index (χ3n) is 6.66. The molecule has 180 valence electrons. The van der Waals surface area contributed by atoms with Crippen LogP contribution in [0.2, 0.25) is 0 Å². The quantitative estimate of drug-likeness (QED) is 0.318. The molecule has 0 saturated carbocycles. The fourth-order valence-corrected chi connectivity index (χ4v) is 6.07. The first-order chi connectivity index (χ1) is 16.8. The Hall–Kier alpha value is -3.41. The molecule has 0 atom stereocenters. The zero-order chi connectivity index (χ0) is 24.3. The number of thiophene rings is 1. The highest BCUT2D eigenvalue weighted by molar-refractivity contribution is 7.25. The smallest absolute Gasteiger partial charge is 0.293 e. The lowest BCUT2D eigenvalue weighted by Crippen LogP contribution is -2.42. The molecule has 2 aliphatic rings. The number of hydrogen-bond acceptors (Lipinski definition) is 8. The van der Waals surface area contributed by atoms with E-state index in [0.717, 1.165) is 40.3 Å². The highest BCUT2D eigenvalue weighted by Crippen LogP contribution is 2.40. The molecule has 0 aliphatic carbocycles. The van der Waals surface area contributed by atoms with Crippen molar-refractivity contribution in [3.8, 4) is 5.69 Å². The lowest BCUT2D eigenvalue weighted by atomic mass is 9.90. The second-order valence-electron chi connectivity index (χ2n) is 9.40. The van der Waals surface area contributed by atoms with Gasteiger partial charge in [-0.25, -0.2) is 9.97 Å². The third kappa shape index (κ3) is 3.58. The summed E-state index contributed by atoms with van der Waals surface area (Å²) in [6, 6.07) is 6.20. The van der Waals surface area contributed by atoms with E-state index < -0.39 is 4.92 Å². The molecule has 1 saturated heterocycles. The average Bonchev–Trinajstić information content (AvgIpc) is 3.23. The number of hydrogen-bond donors (Lipinski definition) is 0. The number of aromatic amines is 1. The monoisotopic (exact) mass is 494 g/mol. The Kier molecular flexibility index (Phi) is 5.09. The van der Waals surface area contributed by atoms with E-state index in [0.29, 0.717) is 36.5 Å². The summed E-state index contributed by atoms with van der Waals surface area (Å²) in [6.07, 6.45) is 2.08. The van der Waals surface area contributed by atoms with Crippen molar-refractivity contribution in [3.05, 3.63) is 62.2 Å². The Morgan fingerprint density at radius 1 is 1.20 bits per heavy atom. The van der Waals surface area contributed by atoms with Crippen LogP contribution in [0.3, 0.4) is 0 Å². The van der Waals surface area contributed by atoms with Gasteiger partial charge >= 0.3 is 0 Å². The molecule has 0 radical (unpaired) electrons. The predicted octanol–water partition coefficient (Wildman–Crippen LogP) is 3.01. The van der Waals surface area contributed by atoms with Gasteiger partial charge in [0.25, 0.3) is 17.1 Å². The van der Waals surface area contributed by atoms with E-state index in [2.05, 4.69) is 28.7 Å². The maximum atomic E-state index is 13.6. The maximum absolute atomic E-state index is 13.6. The number of nitro groups is 1. The molecule has 1 aromatic carbocycles. The van der Waals surface area contributed by atoms with Crippen molar-refractivity contribution < 1.29 is 19.4 Å². The largest absolute Gasteiger partial charge is 0.373 e. The molecule has 1 N–H and O–H groups in total. The molecular weight excluding hydrogens is 470 g/mol. The molecule has 11 heteroatoms. The molecule has 6 rings (SSSR count). The van der Waals surface area contributed by atoms with E-state index in [1.807, 2.05) is 0 Å². The lowest BCUT2D eigenvalue weighted by Gasteiger charge is -2.33. The Bertz CT molecular complexity index is 1550. The first-order valence-electron chi connectivity index (χ1n) is 11.5. The molecular formula is C24H24N5O5S+. The van der Waals surface area contributed by atoms with Crippen molar-refractivity contribution in [3.63, 3.8) is 0 Å². The van der Waals surface area contributed by atoms with Crippen LogP contribution in [0.15, 0.2) is 35.4 Å². The van der Waals surface area contributed by atoms with Crippen molar-refractivity contribution in [2.24, 2.45) is 0 Å². The molecule has 35 heavy (non-hydrogen) atoms. The number of benzene rings is 1. The summed E-state index contributed by atoms with van der Waals surface area (Å²) in [5.41, 5.74) is 2.21. The minimum atomic E-state index is -0.488. The number of anilines is 1. The number of ether oxygens (including phenoxy) is 2. The van der Waals surface area contributed by atoms with Crippen LogP contribution in [-0.2, 0) is 22.5 Å². The zero-order valence-corrected chi connectivity index (χ0v) is 20.2. The Morgan fingerprint density at radius 2 is 1.97 bits per heavy atom. The number of aromatic nitrogens is 3. The number of H-pyrrole nitrogens is 1. The van der Waals surface area contributed by atoms with Crippen molar-refractivity contribution in [1.29, 1.82) is 0 Å². The Labute approximate surface area is 203 Å². The van der Waals surface area contributed by atoms with Crippen molar-refractivity contribution >= 4 is 43.3 Å². The molecule has 2 aliphatic heterocycles. The number of para-hydroxylation sites is 2. The van der Waals surface area contributed by atoms with Gasteiger partial charge in [-0.05, 0) is 25.5 Å². The van der Waals surface area contributed by atoms with Gasteiger partial charge in [0.05, 0.1) is 41.3 Å². The van der Waals surface area contributed by atoms with E-state index in [1.54, 1.807) is 18.2 Å². The predicted molar refractivity (Wildman–Crippen MR) is 132 cm³/mol. The SMILES string of the molecule is CC1(C)Cc2c(c(N3CCOCC3)[nH+]c3sc4c(=O)n(-c5ccccc5[N+](=O)[O-])cnc4c23)CO1. The lowest BCUT2D eigenvalue weighted by molar-refractivity contribution is -0.384. The van der Waals surface area contributed by atoms with E-state index in [-0.39, 0.29) is 22.5 Å². The van der Waals surface area contributed by atoms with Crippen molar-refractivity contribution in [2.45, 2.75) is 32.5 Å². The summed E-state index contributed by atoms with van der Waals surface area (Å²) in [5.74, 6) is 0.997. The molecule has 10 nitrogen and oxygen atoms in total. The average molecular weight is 495 g/mol. The second kappa shape index (κ2) is 8.08. The van der Waals surface area contributed by atoms with Crippen LogP contribution in [0.25, 0.3) is 26.1 Å². The molecule has 3 aromatic heterocycles.